The van der Waals surface area contributed by atoms with E-state index < -0.39 is 48.6 Å². The highest BCUT2D eigenvalue weighted by atomic mass is 19.3. The topological polar surface area (TPSA) is 139 Å². The first-order valence-corrected chi connectivity index (χ1v) is 23.1. The zero-order valence-electron chi connectivity index (χ0n) is 40.6. The van der Waals surface area contributed by atoms with Crippen molar-refractivity contribution in [2.24, 2.45) is 0 Å². The smallest absolute Gasteiger partial charge is 0.324 e. The molecule has 2 aliphatic heterocycles. The lowest BCUT2D eigenvalue weighted by Crippen LogP contribution is -2.57. The minimum atomic E-state index is -3.24. The van der Waals surface area contributed by atoms with Crippen LogP contribution < -0.4 is 15.1 Å². The molecule has 0 saturated carbocycles. The highest BCUT2D eigenvalue weighted by Gasteiger charge is 2.33. The van der Waals surface area contributed by atoms with Crippen LogP contribution in [0.25, 0.3) is 11.5 Å². The highest BCUT2D eigenvalue weighted by molar-refractivity contribution is 5.99. The number of piperazine rings is 2. The van der Waals surface area contributed by atoms with Crippen LogP contribution >= 0.6 is 0 Å². The van der Waals surface area contributed by atoms with Gasteiger partial charge < -0.3 is 19.5 Å². The van der Waals surface area contributed by atoms with Crippen LogP contribution in [0.1, 0.15) is 75.3 Å². The van der Waals surface area contributed by atoms with Gasteiger partial charge in [-0.1, -0.05) is 54.6 Å². The minimum Gasteiger partial charge on any atom is -0.415 e. The van der Waals surface area contributed by atoms with Crippen molar-refractivity contribution < 1.29 is 49.9 Å². The van der Waals surface area contributed by atoms with Crippen LogP contribution in [0.5, 0.6) is 0 Å². The SMILES string of the molecule is CC(C)(C)N1CCN(C(=O)N(Cc2ccc(-c3nnc(C(F)F)o3)cc2F)c2ccccc2)CC1.CC(C)(C)N1CCN(C(=O)N(Cc2ccc(C(=O)CNC(=O)C(F)F)cc2F)c2ccccc2)CC1. The van der Waals surface area contributed by atoms with Crippen LogP contribution in [-0.4, -0.2) is 130 Å². The molecule has 0 spiro atoms. The number of amides is 5. The van der Waals surface area contributed by atoms with Gasteiger partial charge in [-0.25, -0.2) is 18.4 Å². The zero-order chi connectivity index (χ0) is 51.6. The summed E-state index contributed by atoms with van der Waals surface area (Å²) in [5.41, 5.74) is 1.85. The molecule has 3 heterocycles. The summed E-state index contributed by atoms with van der Waals surface area (Å²) in [4.78, 5) is 61.4. The second-order valence-corrected chi connectivity index (χ2v) is 19.0. The highest BCUT2D eigenvalue weighted by Crippen LogP contribution is 2.28. The van der Waals surface area contributed by atoms with Crippen molar-refractivity contribution in [1.29, 1.82) is 0 Å². The van der Waals surface area contributed by atoms with E-state index >= 15 is 4.39 Å². The number of rotatable bonds is 12. The molecule has 0 radical (unpaired) electrons. The second kappa shape index (κ2) is 23.4. The van der Waals surface area contributed by atoms with E-state index in [1.54, 1.807) is 51.1 Å². The standard InChI is InChI=1S/C26H31F3N4O3.C25H28F3N5O2/c1-26(2,3)32-13-11-31(12-14-32)25(36)33(20-7-5-4-6-8-20)17-19-10-9-18(15-21(19)27)22(34)16-30-24(35)23(28)29;1-25(2,3)32-13-11-31(12-14-32)24(34)33(19-7-5-4-6-8-19)16-18-10-9-17(15-20(18)26)22-29-30-23(35-22)21(27)28/h4-10,15,23H,11-14,16-17H2,1-3H3,(H,30,35);4-10,15,21H,11-14,16H2,1-3H3. The van der Waals surface area contributed by atoms with Crippen molar-refractivity contribution in [3.05, 3.63) is 131 Å². The number of hydrogen-bond acceptors (Lipinski definition) is 9. The van der Waals surface area contributed by atoms with Gasteiger partial charge in [-0.2, -0.15) is 17.6 Å². The van der Waals surface area contributed by atoms with Gasteiger partial charge in [-0.05, 0) is 84.0 Å². The Morgan fingerprint density at radius 1 is 0.620 bits per heavy atom. The Kier molecular flexibility index (Phi) is 17.7. The van der Waals surface area contributed by atoms with Gasteiger partial charge in [0.15, 0.2) is 5.78 Å². The minimum absolute atomic E-state index is 0.000558. The number of anilines is 2. The Morgan fingerprint density at radius 2 is 1.07 bits per heavy atom. The van der Waals surface area contributed by atoms with E-state index in [1.807, 2.05) is 29.6 Å². The maximum atomic E-state index is 15.1. The Morgan fingerprint density at radius 3 is 1.46 bits per heavy atom. The van der Waals surface area contributed by atoms with E-state index in [9.17, 15) is 41.1 Å². The number of urea groups is 2. The van der Waals surface area contributed by atoms with Crippen molar-refractivity contribution in [3.8, 4) is 11.5 Å². The summed E-state index contributed by atoms with van der Waals surface area (Å²) in [5.74, 6) is -4.61. The van der Waals surface area contributed by atoms with Crippen LogP contribution in [0.15, 0.2) is 101 Å². The summed E-state index contributed by atoms with van der Waals surface area (Å²) in [7, 11) is 0. The van der Waals surface area contributed by atoms with Gasteiger partial charge >= 0.3 is 24.9 Å². The summed E-state index contributed by atoms with van der Waals surface area (Å²) in [6, 6.07) is 25.5. The first-order valence-electron chi connectivity index (χ1n) is 23.1. The van der Waals surface area contributed by atoms with Crippen molar-refractivity contribution in [2.75, 3.05) is 68.7 Å². The maximum absolute atomic E-state index is 15.1. The van der Waals surface area contributed by atoms with Crippen molar-refractivity contribution >= 4 is 35.1 Å². The lowest BCUT2D eigenvalue weighted by molar-refractivity contribution is -0.131. The van der Waals surface area contributed by atoms with E-state index in [0.717, 1.165) is 38.3 Å². The lowest BCUT2D eigenvalue weighted by Gasteiger charge is -2.43. The van der Waals surface area contributed by atoms with E-state index in [2.05, 4.69) is 61.5 Å². The Labute approximate surface area is 409 Å². The normalized spacial score (nSPS) is 14.8. The fraction of sp³-hybridized carbons (Fsp3) is 0.412. The summed E-state index contributed by atoms with van der Waals surface area (Å²) in [6.45, 7) is 17.3. The first kappa shape index (κ1) is 53.5. The average molecular weight is 992 g/mol. The third-order valence-electron chi connectivity index (χ3n) is 12.2. The largest absolute Gasteiger partial charge is 0.415 e. The van der Waals surface area contributed by atoms with Crippen molar-refractivity contribution in [1.82, 2.24) is 35.1 Å². The van der Waals surface area contributed by atoms with Gasteiger partial charge in [-0.15, -0.1) is 10.2 Å². The molecule has 5 amide bonds. The number of halogens is 6. The Bertz CT molecular complexity index is 2590. The molecule has 0 atom stereocenters. The van der Waals surface area contributed by atoms with E-state index in [0.29, 0.717) is 37.6 Å². The summed E-state index contributed by atoms with van der Waals surface area (Å²) in [5, 5.41) is 8.65. The molecular weight excluding hydrogens is 933 g/mol. The average Bonchev–Trinajstić information content (AvgIpc) is 3.86. The van der Waals surface area contributed by atoms with Gasteiger partial charge in [0.05, 0.1) is 19.6 Å². The molecule has 7 rings (SSSR count). The molecule has 380 valence electrons. The molecule has 2 fully saturated rings. The van der Waals surface area contributed by atoms with E-state index in [4.69, 9.17) is 4.42 Å². The van der Waals surface area contributed by atoms with Gasteiger partial charge in [0.2, 0.25) is 5.89 Å². The van der Waals surface area contributed by atoms with Gasteiger partial charge in [-0.3, -0.25) is 29.2 Å². The lowest BCUT2D eigenvalue weighted by atomic mass is 10.0. The second-order valence-electron chi connectivity index (χ2n) is 19.0. The van der Waals surface area contributed by atoms with E-state index in [-0.39, 0.29) is 64.4 Å². The van der Waals surface area contributed by atoms with Crippen molar-refractivity contribution in [3.63, 3.8) is 0 Å². The Hall–Kier alpha value is -6.80. The summed E-state index contributed by atoms with van der Waals surface area (Å²) >= 11 is 0. The first-order chi connectivity index (χ1) is 33.6. The summed E-state index contributed by atoms with van der Waals surface area (Å²) in [6.07, 6.45) is -6.15. The van der Waals surface area contributed by atoms with Crippen LogP contribution in [0.4, 0.5) is 47.3 Å². The van der Waals surface area contributed by atoms with Gasteiger partial charge in [0, 0.05) is 97.1 Å². The maximum Gasteiger partial charge on any atom is 0.324 e. The molecule has 2 aliphatic rings. The number of benzene rings is 4. The molecule has 5 aromatic rings. The third kappa shape index (κ3) is 14.2. The zero-order valence-corrected chi connectivity index (χ0v) is 40.6. The van der Waals surface area contributed by atoms with Crippen LogP contribution in [-0.2, 0) is 17.9 Å². The molecular formula is C51H59F6N9O5. The summed E-state index contributed by atoms with van der Waals surface area (Å²) < 4.78 is 85.1. The predicted octanol–water partition coefficient (Wildman–Crippen LogP) is 9.29. The number of carbonyl (C=O) groups is 4. The van der Waals surface area contributed by atoms with E-state index in [1.165, 1.54) is 29.2 Å². The van der Waals surface area contributed by atoms with Gasteiger partial charge in [0.25, 0.3) is 11.8 Å². The van der Waals surface area contributed by atoms with Crippen LogP contribution in [0.2, 0.25) is 0 Å². The number of ketones is 1. The number of Topliss-reactive ketones (excluding diaryl/α,β-unsaturated/α-hetero) is 1. The monoisotopic (exact) mass is 991 g/mol. The molecule has 20 heteroatoms. The fourth-order valence-electron chi connectivity index (χ4n) is 8.02. The molecule has 4 aromatic carbocycles. The molecule has 0 bridgehead atoms. The number of alkyl halides is 4. The fourth-order valence-corrected chi connectivity index (χ4v) is 8.02. The van der Waals surface area contributed by atoms with Crippen LogP contribution in [0.3, 0.4) is 0 Å². The number of nitrogens with one attached hydrogen (secondary N) is 1. The molecule has 2 saturated heterocycles. The van der Waals surface area contributed by atoms with Crippen molar-refractivity contribution in [2.45, 2.75) is 78.6 Å². The molecule has 1 aromatic heterocycles. The number of para-hydroxylation sites is 2. The molecule has 0 aliphatic carbocycles. The molecule has 71 heavy (non-hydrogen) atoms. The Balaban J connectivity index is 0.000000232. The number of nitrogens with zero attached hydrogens (tertiary/aromatic N) is 8. The van der Waals surface area contributed by atoms with Crippen LogP contribution in [0, 0.1) is 11.6 Å². The molecule has 0 unspecified atom stereocenters. The van der Waals surface area contributed by atoms with Gasteiger partial charge in [0.1, 0.15) is 11.6 Å². The molecule has 1 N–H and O–H groups in total. The number of aromatic nitrogens is 2. The molecule has 14 nitrogen and oxygen atoms in total. The third-order valence-corrected chi connectivity index (χ3v) is 12.2. The quantitative estimate of drug-likeness (QED) is 0.0958. The number of hydrogen-bond donors (Lipinski definition) is 1. The number of carbonyl (C=O) groups excluding carboxylic acids is 4. The predicted molar refractivity (Wildman–Crippen MR) is 256 cm³/mol.